The molecule has 25 heavy (non-hydrogen) atoms. The molecule has 6 nitrogen and oxygen atoms in total. The molecule has 4 N–H and O–H groups in total. The Hall–Kier alpha value is -2.88. The molecule has 1 amide bonds. The zero-order chi connectivity index (χ0) is 18.4. The molecule has 0 saturated carbocycles. The van der Waals surface area contributed by atoms with E-state index in [4.69, 9.17) is 27.7 Å². The van der Waals surface area contributed by atoms with Gasteiger partial charge in [0.2, 0.25) is 0 Å². The number of carbonyl (C=O) groups is 2. The molecule has 0 fully saturated rings. The van der Waals surface area contributed by atoms with Crippen LogP contribution in [0.15, 0.2) is 42.5 Å². The number of aliphatic carboxylic acids is 1. The van der Waals surface area contributed by atoms with E-state index in [0.717, 1.165) is 0 Å². The molecule has 1 atom stereocenters. The van der Waals surface area contributed by atoms with Crippen LogP contribution in [0.2, 0.25) is 5.02 Å². The van der Waals surface area contributed by atoms with Gasteiger partial charge < -0.3 is 16.2 Å². The van der Waals surface area contributed by atoms with Crippen LogP contribution in [0.25, 0.3) is 0 Å². The van der Waals surface area contributed by atoms with Crippen molar-refractivity contribution < 1.29 is 14.7 Å². The summed E-state index contributed by atoms with van der Waals surface area (Å²) in [6.07, 6.45) is -0.115. The molecule has 2 rings (SSSR count). The molecule has 128 valence electrons. The third-order valence-corrected chi connectivity index (χ3v) is 4.00. The number of rotatable bonds is 6. The first kappa shape index (κ1) is 18.5. The molecule has 0 radical (unpaired) electrons. The molecule has 0 aliphatic carbocycles. The highest BCUT2D eigenvalue weighted by molar-refractivity contribution is 6.34. The third-order valence-electron chi connectivity index (χ3n) is 3.67. The fourth-order valence-electron chi connectivity index (χ4n) is 2.37. The number of halogens is 1. The lowest BCUT2D eigenvalue weighted by atomic mass is 9.95. The molecule has 0 aliphatic rings. The Kier molecular flexibility index (Phi) is 6.12. The van der Waals surface area contributed by atoms with Gasteiger partial charge in [-0.05, 0) is 42.4 Å². The first-order chi connectivity index (χ1) is 11.9. The van der Waals surface area contributed by atoms with Gasteiger partial charge in [-0.1, -0.05) is 23.7 Å². The number of nitriles is 1. The van der Waals surface area contributed by atoms with Crippen LogP contribution in [0, 0.1) is 11.3 Å². The minimum atomic E-state index is -0.954. The number of carboxylic acid groups (broad SMARTS) is 1. The predicted octanol–water partition coefficient (Wildman–Crippen LogP) is 2.98. The minimum Gasteiger partial charge on any atom is -0.481 e. The van der Waals surface area contributed by atoms with Gasteiger partial charge in [0.05, 0.1) is 28.8 Å². The van der Waals surface area contributed by atoms with Crippen LogP contribution in [0.1, 0.15) is 33.8 Å². The van der Waals surface area contributed by atoms with Gasteiger partial charge in [0.1, 0.15) is 0 Å². The summed E-state index contributed by atoms with van der Waals surface area (Å²) in [5.41, 5.74) is 7.38. The van der Waals surface area contributed by atoms with E-state index in [2.05, 4.69) is 5.32 Å². The number of hydrogen-bond donors (Lipinski definition) is 3. The van der Waals surface area contributed by atoms with E-state index in [9.17, 15) is 9.59 Å². The average Bonchev–Trinajstić information content (AvgIpc) is 2.61. The molecule has 0 saturated heterocycles. The molecule has 0 bridgehead atoms. The molecule has 0 aliphatic heterocycles. The lowest BCUT2D eigenvalue weighted by molar-refractivity contribution is -0.137. The second kappa shape index (κ2) is 8.29. The van der Waals surface area contributed by atoms with E-state index in [-0.39, 0.29) is 18.9 Å². The molecule has 2 aromatic rings. The van der Waals surface area contributed by atoms with E-state index in [1.54, 1.807) is 36.4 Å². The van der Waals surface area contributed by atoms with E-state index in [1.807, 2.05) is 6.07 Å². The lowest BCUT2D eigenvalue weighted by Gasteiger charge is -2.15. The Morgan fingerprint density at radius 3 is 2.68 bits per heavy atom. The Morgan fingerprint density at radius 1 is 1.28 bits per heavy atom. The van der Waals surface area contributed by atoms with Crippen molar-refractivity contribution in [2.45, 2.75) is 12.3 Å². The highest BCUT2D eigenvalue weighted by Gasteiger charge is 2.16. The van der Waals surface area contributed by atoms with Crippen molar-refractivity contribution in [3.8, 4) is 6.07 Å². The zero-order valence-corrected chi connectivity index (χ0v) is 14.0. The first-order valence-corrected chi connectivity index (χ1v) is 7.85. The number of anilines is 1. The highest BCUT2D eigenvalue weighted by Crippen LogP contribution is 2.28. The standard InChI is InChI=1S/C18H16ClN3O3/c19-15-5-4-12(14(10-21)8-17(23)24)7-16(15)22-18(25)13-3-1-2-11(6-13)9-20/h1-7,14H,8,10,21H2,(H,22,25)(H,23,24)/t14-/m0/s1. The fourth-order valence-corrected chi connectivity index (χ4v) is 2.53. The monoisotopic (exact) mass is 357 g/mol. The number of nitrogens with one attached hydrogen (secondary N) is 1. The van der Waals surface area contributed by atoms with Crippen molar-refractivity contribution in [3.05, 3.63) is 64.2 Å². The van der Waals surface area contributed by atoms with Crippen molar-refractivity contribution in [3.63, 3.8) is 0 Å². The predicted molar refractivity (Wildman–Crippen MR) is 94.6 cm³/mol. The van der Waals surface area contributed by atoms with Crippen molar-refractivity contribution in [2.75, 3.05) is 11.9 Å². The molecule has 0 aromatic heterocycles. The second-order valence-corrected chi connectivity index (χ2v) is 5.82. The molecule has 2 aromatic carbocycles. The number of hydrogen-bond acceptors (Lipinski definition) is 4. The third kappa shape index (κ3) is 4.80. The van der Waals surface area contributed by atoms with Gasteiger partial charge in [-0.25, -0.2) is 0 Å². The van der Waals surface area contributed by atoms with Gasteiger partial charge in [0, 0.05) is 11.5 Å². The quantitative estimate of drug-likeness (QED) is 0.734. The van der Waals surface area contributed by atoms with E-state index in [1.165, 1.54) is 6.07 Å². The summed E-state index contributed by atoms with van der Waals surface area (Å²) in [5.74, 6) is -1.75. The normalized spacial score (nSPS) is 11.4. The Bertz CT molecular complexity index is 846. The van der Waals surface area contributed by atoms with Crippen LogP contribution in [0.3, 0.4) is 0 Å². The van der Waals surface area contributed by atoms with Gasteiger partial charge in [-0.15, -0.1) is 0 Å². The van der Waals surface area contributed by atoms with Gasteiger partial charge in [0.25, 0.3) is 5.91 Å². The number of carbonyl (C=O) groups excluding carboxylic acids is 1. The zero-order valence-electron chi connectivity index (χ0n) is 13.2. The van der Waals surface area contributed by atoms with Gasteiger partial charge in [-0.3, -0.25) is 9.59 Å². The molecule has 7 heteroatoms. The maximum Gasteiger partial charge on any atom is 0.304 e. The van der Waals surface area contributed by atoms with Crippen LogP contribution in [-0.4, -0.2) is 23.5 Å². The average molecular weight is 358 g/mol. The van der Waals surface area contributed by atoms with Gasteiger partial charge in [-0.2, -0.15) is 5.26 Å². The summed E-state index contributed by atoms with van der Waals surface area (Å²) < 4.78 is 0. The molecule has 0 heterocycles. The van der Waals surface area contributed by atoms with Crippen molar-refractivity contribution in [1.82, 2.24) is 0 Å². The van der Waals surface area contributed by atoms with Crippen LogP contribution >= 0.6 is 11.6 Å². The van der Waals surface area contributed by atoms with E-state index in [0.29, 0.717) is 27.4 Å². The Balaban J connectivity index is 2.26. The minimum absolute atomic E-state index is 0.115. The van der Waals surface area contributed by atoms with Crippen molar-refractivity contribution in [2.24, 2.45) is 5.73 Å². The summed E-state index contributed by atoms with van der Waals surface area (Å²) in [4.78, 5) is 23.3. The number of carboxylic acids is 1. The largest absolute Gasteiger partial charge is 0.481 e. The first-order valence-electron chi connectivity index (χ1n) is 7.47. The molecule has 0 unspecified atom stereocenters. The molecular formula is C18H16ClN3O3. The summed E-state index contributed by atoms with van der Waals surface area (Å²) in [5, 5.41) is 20.9. The number of nitrogens with two attached hydrogens (primary N) is 1. The van der Waals surface area contributed by atoms with Crippen molar-refractivity contribution >= 4 is 29.2 Å². The Morgan fingerprint density at radius 2 is 2.04 bits per heavy atom. The van der Waals surface area contributed by atoms with Crippen LogP contribution in [0.4, 0.5) is 5.69 Å². The van der Waals surface area contributed by atoms with E-state index < -0.39 is 11.9 Å². The van der Waals surface area contributed by atoms with Crippen molar-refractivity contribution in [1.29, 1.82) is 5.26 Å². The van der Waals surface area contributed by atoms with Crippen LogP contribution < -0.4 is 11.1 Å². The second-order valence-electron chi connectivity index (χ2n) is 5.42. The highest BCUT2D eigenvalue weighted by atomic mass is 35.5. The SMILES string of the molecule is N#Cc1cccc(C(=O)Nc2cc([C@H](CN)CC(=O)O)ccc2Cl)c1. The number of benzene rings is 2. The number of amides is 1. The smallest absolute Gasteiger partial charge is 0.304 e. The summed E-state index contributed by atoms with van der Waals surface area (Å²) in [6.45, 7) is 0.158. The fraction of sp³-hybridized carbons (Fsp3) is 0.167. The maximum absolute atomic E-state index is 12.4. The summed E-state index contributed by atoms with van der Waals surface area (Å²) >= 11 is 6.13. The van der Waals surface area contributed by atoms with Gasteiger partial charge in [0.15, 0.2) is 0 Å². The number of nitrogens with zero attached hydrogens (tertiary/aromatic N) is 1. The van der Waals surface area contributed by atoms with E-state index >= 15 is 0 Å². The topological polar surface area (TPSA) is 116 Å². The lowest BCUT2D eigenvalue weighted by Crippen LogP contribution is -2.17. The van der Waals surface area contributed by atoms with Crippen LogP contribution in [0.5, 0.6) is 0 Å². The molecule has 0 spiro atoms. The summed E-state index contributed by atoms with van der Waals surface area (Å²) in [6, 6.07) is 13.1. The van der Waals surface area contributed by atoms with Gasteiger partial charge >= 0.3 is 5.97 Å². The maximum atomic E-state index is 12.4. The van der Waals surface area contributed by atoms with Crippen LogP contribution in [-0.2, 0) is 4.79 Å². The molecular weight excluding hydrogens is 342 g/mol. The summed E-state index contributed by atoms with van der Waals surface area (Å²) in [7, 11) is 0. The Labute approximate surface area is 149 Å².